The van der Waals surface area contributed by atoms with Crippen LogP contribution in [0.3, 0.4) is 0 Å². The van der Waals surface area contributed by atoms with Crippen molar-refractivity contribution in [1.82, 2.24) is 29.5 Å². The molecule has 20 heavy (non-hydrogen) atoms. The molecule has 0 amide bonds. The van der Waals surface area contributed by atoms with Crippen LogP contribution in [-0.4, -0.2) is 29.5 Å². The van der Waals surface area contributed by atoms with Gasteiger partial charge in [0, 0.05) is 0 Å². The largest absolute Gasteiger partial charge is 0.236 e. The maximum absolute atomic E-state index is 4.15. The van der Waals surface area contributed by atoms with Crippen LogP contribution in [0.4, 0.5) is 0 Å². The van der Waals surface area contributed by atoms with Crippen molar-refractivity contribution in [3.63, 3.8) is 0 Å². The SMILES string of the molecule is Brc1nc(Br)n(C2CC2)n1.C=CCn1nc(Br)nc1Br. The van der Waals surface area contributed by atoms with Crippen molar-refractivity contribution in [2.24, 2.45) is 0 Å². The van der Waals surface area contributed by atoms with Crippen LogP contribution < -0.4 is 0 Å². The van der Waals surface area contributed by atoms with Gasteiger partial charge < -0.3 is 0 Å². The third kappa shape index (κ3) is 4.47. The van der Waals surface area contributed by atoms with Crippen LogP contribution in [0.1, 0.15) is 18.9 Å². The van der Waals surface area contributed by atoms with Gasteiger partial charge in [0.15, 0.2) is 9.47 Å². The number of halogens is 4. The summed E-state index contributed by atoms with van der Waals surface area (Å²) in [5, 5.41) is 8.15. The van der Waals surface area contributed by atoms with Gasteiger partial charge in [0.25, 0.3) is 0 Å². The van der Waals surface area contributed by atoms with Crippen LogP contribution in [0.2, 0.25) is 0 Å². The van der Waals surface area contributed by atoms with E-state index in [-0.39, 0.29) is 0 Å². The summed E-state index contributed by atoms with van der Waals surface area (Å²) < 4.78 is 6.37. The van der Waals surface area contributed by atoms with Crippen LogP contribution in [0.15, 0.2) is 31.6 Å². The molecule has 1 aliphatic rings. The molecule has 0 spiro atoms. The fourth-order valence-electron chi connectivity index (χ4n) is 1.37. The molecule has 6 nitrogen and oxygen atoms in total. The lowest BCUT2D eigenvalue weighted by molar-refractivity contribution is 0.621. The molecule has 0 N–H and O–H groups in total. The predicted octanol–water partition coefficient (Wildman–Crippen LogP) is 4.13. The summed E-state index contributed by atoms with van der Waals surface area (Å²) in [6.45, 7) is 4.25. The van der Waals surface area contributed by atoms with E-state index in [4.69, 9.17) is 0 Å². The maximum atomic E-state index is 4.15. The molecule has 0 radical (unpaired) electrons. The van der Waals surface area contributed by atoms with Crippen LogP contribution in [0.25, 0.3) is 0 Å². The Bertz CT molecular complexity index is 603. The monoisotopic (exact) mass is 530 g/mol. The van der Waals surface area contributed by atoms with E-state index < -0.39 is 0 Å². The van der Waals surface area contributed by atoms with Gasteiger partial charge in [0.05, 0.1) is 12.6 Å². The first-order chi connectivity index (χ1) is 9.51. The van der Waals surface area contributed by atoms with Gasteiger partial charge in [-0.3, -0.25) is 0 Å². The fraction of sp³-hybridized carbons (Fsp3) is 0.400. The van der Waals surface area contributed by atoms with E-state index in [1.54, 1.807) is 10.8 Å². The lowest BCUT2D eigenvalue weighted by Gasteiger charge is -1.93. The highest BCUT2D eigenvalue weighted by atomic mass is 79.9. The zero-order chi connectivity index (χ0) is 14.7. The average molecular weight is 534 g/mol. The summed E-state index contributed by atoms with van der Waals surface area (Å²) in [4.78, 5) is 8.02. The molecule has 0 atom stereocenters. The first kappa shape index (κ1) is 16.3. The molecule has 1 fully saturated rings. The molecular formula is C10H10Br4N6. The second-order valence-electron chi connectivity index (χ2n) is 3.95. The molecule has 1 saturated carbocycles. The number of aromatic nitrogens is 6. The second-order valence-corrected chi connectivity index (χ2v) is 6.78. The van der Waals surface area contributed by atoms with E-state index in [0.717, 1.165) is 4.73 Å². The van der Waals surface area contributed by atoms with Crippen LogP contribution in [0.5, 0.6) is 0 Å². The fourth-order valence-corrected chi connectivity index (χ4v) is 3.47. The predicted molar refractivity (Wildman–Crippen MR) is 89.3 cm³/mol. The third-order valence-corrected chi connectivity index (χ3v) is 4.16. The van der Waals surface area contributed by atoms with E-state index in [2.05, 4.69) is 90.5 Å². The Labute approximate surface area is 149 Å². The molecule has 0 unspecified atom stereocenters. The highest BCUT2D eigenvalue weighted by Gasteiger charge is 2.26. The van der Waals surface area contributed by atoms with E-state index in [9.17, 15) is 0 Å². The minimum absolute atomic E-state index is 0.584. The van der Waals surface area contributed by atoms with Crippen molar-refractivity contribution in [2.75, 3.05) is 0 Å². The van der Waals surface area contributed by atoms with E-state index in [1.165, 1.54) is 12.8 Å². The van der Waals surface area contributed by atoms with E-state index in [1.807, 2.05) is 4.68 Å². The first-order valence-electron chi connectivity index (χ1n) is 5.65. The van der Waals surface area contributed by atoms with Crippen molar-refractivity contribution in [1.29, 1.82) is 0 Å². The molecule has 2 aromatic heterocycles. The van der Waals surface area contributed by atoms with Crippen molar-refractivity contribution < 1.29 is 0 Å². The molecule has 2 heterocycles. The molecule has 1 aliphatic carbocycles. The first-order valence-corrected chi connectivity index (χ1v) is 8.82. The van der Waals surface area contributed by atoms with Crippen molar-refractivity contribution >= 4 is 63.7 Å². The molecule has 0 bridgehead atoms. The van der Waals surface area contributed by atoms with E-state index >= 15 is 0 Å². The molecule has 0 aliphatic heterocycles. The molecular weight excluding hydrogens is 524 g/mol. The van der Waals surface area contributed by atoms with Crippen LogP contribution >= 0.6 is 63.7 Å². The summed E-state index contributed by atoms with van der Waals surface area (Å²) in [5.41, 5.74) is 0. The Morgan fingerprint density at radius 1 is 1.05 bits per heavy atom. The number of rotatable bonds is 3. The number of hydrogen-bond acceptors (Lipinski definition) is 4. The standard InChI is InChI=1S/2C5H5Br2N3/c6-4-8-5(7)10(9-4)3-1-2-3;1-2-3-10-5(7)8-4(6)9-10/h3H,1-2H2;2H,1,3H2. The van der Waals surface area contributed by atoms with Crippen LogP contribution in [-0.2, 0) is 6.54 Å². The zero-order valence-electron chi connectivity index (χ0n) is 10.2. The van der Waals surface area contributed by atoms with Crippen molar-refractivity contribution in [3.8, 4) is 0 Å². The normalized spacial score (nSPS) is 13.8. The van der Waals surface area contributed by atoms with Crippen molar-refractivity contribution in [3.05, 3.63) is 31.6 Å². The Kier molecular flexibility index (Phi) is 5.94. The average Bonchev–Trinajstić information content (AvgIpc) is 3.08. The smallest absolute Gasteiger partial charge is 0.218 e. The molecule has 108 valence electrons. The van der Waals surface area contributed by atoms with Gasteiger partial charge in [-0.15, -0.1) is 16.8 Å². The number of allylic oxidation sites excluding steroid dienone is 1. The molecule has 2 aromatic rings. The summed E-state index contributed by atoms with van der Waals surface area (Å²) in [6.07, 6.45) is 4.22. The summed E-state index contributed by atoms with van der Waals surface area (Å²) in [7, 11) is 0. The molecule has 0 aromatic carbocycles. The summed E-state index contributed by atoms with van der Waals surface area (Å²) in [6, 6.07) is 0.591. The number of hydrogen-bond donors (Lipinski definition) is 0. The van der Waals surface area contributed by atoms with Gasteiger partial charge in [-0.2, -0.15) is 9.97 Å². The molecule has 0 saturated heterocycles. The quantitative estimate of drug-likeness (QED) is 0.557. The Balaban J connectivity index is 0.000000147. The van der Waals surface area contributed by atoms with Gasteiger partial charge in [-0.05, 0) is 76.6 Å². The third-order valence-electron chi connectivity index (χ3n) is 2.36. The Morgan fingerprint density at radius 3 is 2.05 bits per heavy atom. The van der Waals surface area contributed by atoms with Gasteiger partial charge in [0.2, 0.25) is 9.47 Å². The minimum atomic E-state index is 0.584. The van der Waals surface area contributed by atoms with E-state index in [0.29, 0.717) is 26.8 Å². The zero-order valence-corrected chi connectivity index (χ0v) is 16.5. The summed E-state index contributed by atoms with van der Waals surface area (Å²) in [5.74, 6) is 0. The highest BCUT2D eigenvalue weighted by molar-refractivity contribution is 9.11. The molecule has 3 rings (SSSR count). The second kappa shape index (κ2) is 7.28. The lowest BCUT2D eigenvalue weighted by atomic mass is 10.6. The van der Waals surface area contributed by atoms with Gasteiger partial charge >= 0.3 is 0 Å². The number of nitrogens with zero attached hydrogens (tertiary/aromatic N) is 6. The van der Waals surface area contributed by atoms with Crippen molar-refractivity contribution in [2.45, 2.75) is 25.4 Å². The van der Waals surface area contributed by atoms with Gasteiger partial charge in [-0.25, -0.2) is 9.36 Å². The maximum Gasteiger partial charge on any atom is 0.218 e. The van der Waals surface area contributed by atoms with Crippen LogP contribution in [0, 0.1) is 0 Å². The Hall–Kier alpha value is -0.0600. The minimum Gasteiger partial charge on any atom is -0.236 e. The topological polar surface area (TPSA) is 61.4 Å². The lowest BCUT2D eigenvalue weighted by Crippen LogP contribution is -1.96. The van der Waals surface area contributed by atoms with Gasteiger partial charge in [0.1, 0.15) is 0 Å². The molecule has 10 heteroatoms. The van der Waals surface area contributed by atoms with Gasteiger partial charge in [-0.1, -0.05) is 6.08 Å². The summed E-state index contributed by atoms with van der Waals surface area (Å²) >= 11 is 12.9. The highest BCUT2D eigenvalue weighted by Crippen LogP contribution is 2.36. The Morgan fingerprint density at radius 2 is 1.65 bits per heavy atom.